The lowest BCUT2D eigenvalue weighted by Crippen LogP contribution is -2.13. The second-order valence-electron chi connectivity index (χ2n) is 10.1. The lowest BCUT2D eigenvalue weighted by atomic mass is 9.82. The van der Waals surface area contributed by atoms with E-state index in [1.54, 1.807) is 14.2 Å². The number of nitrogen functional groups attached to an aromatic ring is 1. The van der Waals surface area contributed by atoms with Crippen LogP contribution in [0.2, 0.25) is 0 Å². The molecule has 0 amide bonds. The highest BCUT2D eigenvalue weighted by atomic mass is 16.5. The van der Waals surface area contributed by atoms with Gasteiger partial charge in [-0.1, -0.05) is 54.6 Å². The number of benzene rings is 5. The van der Waals surface area contributed by atoms with E-state index in [2.05, 4.69) is 36.4 Å². The molecule has 0 atom stereocenters. The highest BCUT2D eigenvalue weighted by molar-refractivity contribution is 6.02. The first kappa shape index (κ1) is 27.0. The zero-order valence-electron chi connectivity index (χ0n) is 23.6. The molecule has 0 saturated carbocycles. The Kier molecular flexibility index (Phi) is 7.52. The molecule has 5 aromatic rings. The summed E-state index contributed by atoms with van der Waals surface area (Å²) < 4.78 is 23.7. The lowest BCUT2D eigenvalue weighted by Gasteiger charge is -2.26. The number of para-hydroxylation sites is 3. The number of ether oxygens (including phenoxy) is 4. The zero-order chi connectivity index (χ0) is 29.1. The van der Waals surface area contributed by atoms with Crippen molar-refractivity contribution in [3.8, 4) is 17.2 Å². The van der Waals surface area contributed by atoms with E-state index in [-0.39, 0.29) is 5.90 Å². The Balaban J connectivity index is 1.38. The lowest BCUT2D eigenvalue weighted by molar-refractivity contribution is 0.278. The predicted molar refractivity (Wildman–Crippen MR) is 167 cm³/mol. The standard InChI is InChI=1S/C36H32N2O4/c1-39-32-18-14-24-20-23(22-41-31-11-7-6-10-30(31)37)12-16-28(24)34(32)35-29-17-13-26(21-25(29)15-19-33(35)40-2)36(38)42-27-8-4-3-5-9-27/h3-14,16-18,20-21,38H,15,19,22,37H2,1-2H3. The molecule has 1 aliphatic rings. The molecule has 1 aliphatic carbocycles. The minimum absolute atomic E-state index is 0.113. The number of fused-ring (bicyclic) bond motifs is 2. The van der Waals surface area contributed by atoms with Gasteiger partial charge in [-0.25, -0.2) is 0 Å². The summed E-state index contributed by atoms with van der Waals surface area (Å²) in [5, 5.41) is 10.7. The van der Waals surface area contributed by atoms with Crippen LogP contribution in [-0.2, 0) is 17.8 Å². The van der Waals surface area contributed by atoms with Gasteiger partial charge in [0.2, 0.25) is 5.90 Å². The van der Waals surface area contributed by atoms with Gasteiger partial charge in [0.25, 0.3) is 0 Å². The molecule has 0 aliphatic heterocycles. The number of anilines is 1. The monoisotopic (exact) mass is 556 g/mol. The molecule has 0 fully saturated rings. The number of hydrogen-bond donors (Lipinski definition) is 2. The van der Waals surface area contributed by atoms with Gasteiger partial charge in [-0.15, -0.1) is 0 Å². The molecule has 0 aromatic heterocycles. The van der Waals surface area contributed by atoms with Crippen LogP contribution in [0.4, 0.5) is 5.69 Å². The van der Waals surface area contributed by atoms with Gasteiger partial charge in [-0.3, -0.25) is 5.41 Å². The molecule has 6 rings (SSSR count). The van der Waals surface area contributed by atoms with Crippen LogP contribution in [0, 0.1) is 5.41 Å². The second-order valence-corrected chi connectivity index (χ2v) is 10.1. The largest absolute Gasteiger partial charge is 0.500 e. The normalized spacial score (nSPS) is 12.5. The van der Waals surface area contributed by atoms with Crippen molar-refractivity contribution < 1.29 is 18.9 Å². The van der Waals surface area contributed by atoms with Crippen molar-refractivity contribution in [1.29, 1.82) is 5.41 Å². The predicted octanol–water partition coefficient (Wildman–Crippen LogP) is 7.77. The molecule has 0 saturated heterocycles. The summed E-state index contributed by atoms with van der Waals surface area (Å²) >= 11 is 0. The second kappa shape index (κ2) is 11.7. The maximum atomic E-state index is 8.57. The maximum Gasteiger partial charge on any atom is 0.219 e. The van der Waals surface area contributed by atoms with E-state index in [1.165, 1.54) is 0 Å². The Hall–Kier alpha value is -5.23. The van der Waals surface area contributed by atoms with Crippen LogP contribution in [-0.4, -0.2) is 20.1 Å². The summed E-state index contributed by atoms with van der Waals surface area (Å²) in [5.41, 5.74) is 12.6. The molecule has 6 nitrogen and oxygen atoms in total. The van der Waals surface area contributed by atoms with E-state index in [0.717, 1.165) is 68.5 Å². The van der Waals surface area contributed by atoms with E-state index in [1.807, 2.05) is 66.7 Å². The minimum atomic E-state index is 0.113. The van der Waals surface area contributed by atoms with Crippen molar-refractivity contribution in [1.82, 2.24) is 0 Å². The van der Waals surface area contributed by atoms with E-state index in [9.17, 15) is 0 Å². The average molecular weight is 557 g/mol. The Bertz CT molecular complexity index is 1810. The quantitative estimate of drug-likeness (QED) is 0.116. The van der Waals surface area contributed by atoms with Crippen molar-refractivity contribution in [2.75, 3.05) is 20.0 Å². The molecule has 0 unspecified atom stereocenters. The highest BCUT2D eigenvalue weighted by Crippen LogP contribution is 2.44. The molecule has 42 heavy (non-hydrogen) atoms. The van der Waals surface area contributed by atoms with Gasteiger partial charge < -0.3 is 24.7 Å². The molecule has 0 bridgehead atoms. The Morgan fingerprint density at radius 1 is 0.786 bits per heavy atom. The van der Waals surface area contributed by atoms with Crippen LogP contribution in [0.5, 0.6) is 17.2 Å². The van der Waals surface area contributed by atoms with Gasteiger partial charge in [0.1, 0.15) is 29.6 Å². The number of nitrogens with one attached hydrogen (secondary N) is 1. The number of methoxy groups -OCH3 is 2. The summed E-state index contributed by atoms with van der Waals surface area (Å²) in [6.07, 6.45) is 1.53. The van der Waals surface area contributed by atoms with Gasteiger partial charge in [0.15, 0.2) is 0 Å². The topological polar surface area (TPSA) is 86.8 Å². The van der Waals surface area contributed by atoms with Crippen molar-refractivity contribution >= 4 is 27.9 Å². The van der Waals surface area contributed by atoms with Crippen LogP contribution < -0.4 is 19.9 Å². The molecule has 5 aromatic carbocycles. The minimum Gasteiger partial charge on any atom is -0.500 e. The molecular formula is C36H32N2O4. The van der Waals surface area contributed by atoms with Crippen molar-refractivity contribution in [3.05, 3.63) is 137 Å². The Labute approximate surface area is 245 Å². The fraction of sp³-hybridized carbons (Fsp3) is 0.139. The number of allylic oxidation sites excluding steroid dienone is 1. The summed E-state index contributed by atoms with van der Waals surface area (Å²) in [7, 11) is 3.42. The van der Waals surface area contributed by atoms with E-state index in [4.69, 9.17) is 30.1 Å². The third-order valence-corrected chi connectivity index (χ3v) is 7.58. The molecule has 6 heteroatoms. The van der Waals surface area contributed by atoms with Crippen LogP contribution in [0.25, 0.3) is 16.3 Å². The summed E-state index contributed by atoms with van der Waals surface area (Å²) in [5.74, 6) is 3.10. The van der Waals surface area contributed by atoms with Crippen molar-refractivity contribution in [3.63, 3.8) is 0 Å². The SMILES string of the molecule is COC1=C(c2c(OC)ccc3cc(COc4ccccc4N)ccc23)c2ccc(C(=N)Oc3ccccc3)cc2CC1. The van der Waals surface area contributed by atoms with E-state index >= 15 is 0 Å². The first-order valence-corrected chi connectivity index (χ1v) is 13.8. The van der Waals surface area contributed by atoms with Gasteiger partial charge in [0, 0.05) is 23.1 Å². The maximum absolute atomic E-state index is 8.57. The van der Waals surface area contributed by atoms with Gasteiger partial charge in [-0.05, 0) is 82.4 Å². The molecule has 0 spiro atoms. The van der Waals surface area contributed by atoms with Crippen LogP contribution in [0.3, 0.4) is 0 Å². The average Bonchev–Trinajstić information content (AvgIpc) is 3.03. The zero-order valence-corrected chi connectivity index (χ0v) is 23.6. The molecule has 210 valence electrons. The molecule has 0 radical (unpaired) electrons. The Morgan fingerprint density at radius 2 is 1.60 bits per heavy atom. The van der Waals surface area contributed by atoms with Gasteiger partial charge in [0.05, 0.1) is 19.9 Å². The summed E-state index contributed by atoms with van der Waals surface area (Å²) in [4.78, 5) is 0. The number of hydrogen-bond acceptors (Lipinski definition) is 6. The summed E-state index contributed by atoms with van der Waals surface area (Å²) in [6, 6.07) is 33.4. The fourth-order valence-electron chi connectivity index (χ4n) is 5.50. The summed E-state index contributed by atoms with van der Waals surface area (Å²) in [6.45, 7) is 0.403. The third-order valence-electron chi connectivity index (χ3n) is 7.58. The first-order chi connectivity index (χ1) is 20.6. The number of rotatable bonds is 8. The van der Waals surface area contributed by atoms with Gasteiger partial charge in [-0.2, -0.15) is 0 Å². The van der Waals surface area contributed by atoms with Crippen LogP contribution >= 0.6 is 0 Å². The van der Waals surface area contributed by atoms with Crippen LogP contribution in [0.15, 0.2) is 109 Å². The highest BCUT2D eigenvalue weighted by Gasteiger charge is 2.26. The van der Waals surface area contributed by atoms with E-state index < -0.39 is 0 Å². The van der Waals surface area contributed by atoms with Crippen LogP contribution in [0.1, 0.15) is 34.2 Å². The molecular weight excluding hydrogens is 524 g/mol. The Morgan fingerprint density at radius 3 is 2.38 bits per heavy atom. The molecule has 0 heterocycles. The van der Waals surface area contributed by atoms with E-state index in [0.29, 0.717) is 23.8 Å². The third kappa shape index (κ3) is 5.27. The van der Waals surface area contributed by atoms with Gasteiger partial charge >= 0.3 is 0 Å². The van der Waals surface area contributed by atoms with Crippen molar-refractivity contribution in [2.45, 2.75) is 19.4 Å². The first-order valence-electron chi connectivity index (χ1n) is 13.8. The number of nitrogens with two attached hydrogens (primary N) is 1. The molecule has 3 N–H and O–H groups in total. The smallest absolute Gasteiger partial charge is 0.219 e. The number of aryl methyl sites for hydroxylation is 1. The van der Waals surface area contributed by atoms with Crippen molar-refractivity contribution in [2.24, 2.45) is 0 Å². The fourth-order valence-corrected chi connectivity index (χ4v) is 5.50.